The maximum absolute atomic E-state index is 9.25. The summed E-state index contributed by atoms with van der Waals surface area (Å²) >= 11 is 0. The number of imidazole rings is 1. The minimum absolute atomic E-state index is 0.274. The van der Waals surface area contributed by atoms with Gasteiger partial charge in [0.25, 0.3) is 0 Å². The van der Waals surface area contributed by atoms with Gasteiger partial charge in [-0.15, -0.1) is 0 Å². The van der Waals surface area contributed by atoms with Crippen LogP contribution in [0.3, 0.4) is 0 Å². The van der Waals surface area contributed by atoms with Crippen molar-refractivity contribution in [3.05, 3.63) is 18.2 Å². The van der Waals surface area contributed by atoms with E-state index < -0.39 is 5.54 Å². The van der Waals surface area contributed by atoms with Crippen molar-refractivity contribution in [1.29, 1.82) is 5.26 Å². The second-order valence-electron chi connectivity index (χ2n) is 4.63. The predicted octanol–water partition coefficient (Wildman–Crippen LogP) is 2.29. The lowest BCUT2D eigenvalue weighted by Crippen LogP contribution is -2.42. The lowest BCUT2D eigenvalue weighted by Gasteiger charge is -2.27. The molecule has 1 aromatic rings. The van der Waals surface area contributed by atoms with Gasteiger partial charge in [-0.05, 0) is 26.8 Å². The van der Waals surface area contributed by atoms with Crippen molar-refractivity contribution in [3.8, 4) is 6.07 Å². The summed E-state index contributed by atoms with van der Waals surface area (Å²) in [6, 6.07) is 2.64. The van der Waals surface area contributed by atoms with Crippen LogP contribution in [0.1, 0.15) is 46.0 Å². The fourth-order valence-corrected chi connectivity index (χ4v) is 2.26. The Morgan fingerprint density at radius 1 is 1.59 bits per heavy atom. The molecule has 0 aliphatic carbocycles. The van der Waals surface area contributed by atoms with Gasteiger partial charge in [-0.1, -0.05) is 13.8 Å². The fourth-order valence-electron chi connectivity index (χ4n) is 2.26. The van der Waals surface area contributed by atoms with E-state index in [9.17, 15) is 5.26 Å². The Labute approximate surface area is 104 Å². The van der Waals surface area contributed by atoms with Gasteiger partial charge >= 0.3 is 0 Å². The van der Waals surface area contributed by atoms with Crippen LogP contribution >= 0.6 is 0 Å². The number of aromatic nitrogens is 2. The number of nitrogens with one attached hydrogen (secondary N) is 1. The van der Waals surface area contributed by atoms with E-state index in [4.69, 9.17) is 0 Å². The minimum Gasteiger partial charge on any atom is -0.332 e. The average molecular weight is 234 g/mol. The first-order valence-corrected chi connectivity index (χ1v) is 6.24. The van der Waals surface area contributed by atoms with E-state index in [0.717, 1.165) is 25.2 Å². The highest BCUT2D eigenvalue weighted by atomic mass is 15.1. The second kappa shape index (κ2) is 5.83. The van der Waals surface area contributed by atoms with Gasteiger partial charge in [-0.25, -0.2) is 4.98 Å². The smallest absolute Gasteiger partial charge is 0.108 e. The van der Waals surface area contributed by atoms with E-state index >= 15 is 0 Å². The Kier molecular flexibility index (Phi) is 4.71. The van der Waals surface area contributed by atoms with Gasteiger partial charge in [0.2, 0.25) is 0 Å². The van der Waals surface area contributed by atoms with E-state index in [1.165, 1.54) is 0 Å². The standard InChI is InChI=1S/C13H22N4/c1-5-12-15-7-8-17(12)11(3)9-13(4,10-14)16-6-2/h7-8,11,16H,5-6,9H2,1-4H3. The maximum Gasteiger partial charge on any atom is 0.108 e. The number of aryl methyl sites for hydroxylation is 1. The van der Waals surface area contributed by atoms with Crippen molar-refractivity contribution in [2.75, 3.05) is 6.54 Å². The van der Waals surface area contributed by atoms with E-state index in [1.807, 2.05) is 26.2 Å². The summed E-state index contributed by atoms with van der Waals surface area (Å²) in [5.41, 5.74) is -0.469. The van der Waals surface area contributed by atoms with Gasteiger partial charge in [0.1, 0.15) is 11.4 Å². The zero-order valence-electron chi connectivity index (χ0n) is 11.2. The summed E-state index contributed by atoms with van der Waals surface area (Å²) in [6.45, 7) is 9.01. The summed E-state index contributed by atoms with van der Waals surface area (Å²) in [6.07, 6.45) is 5.52. The highest BCUT2D eigenvalue weighted by Gasteiger charge is 2.26. The Balaban J connectivity index is 2.78. The molecule has 0 saturated carbocycles. The SMILES string of the molecule is CCNC(C)(C#N)CC(C)n1ccnc1CC. The number of hydrogen-bond donors (Lipinski definition) is 1. The van der Waals surface area contributed by atoms with Crippen molar-refractivity contribution in [1.82, 2.24) is 14.9 Å². The van der Waals surface area contributed by atoms with E-state index in [2.05, 4.69) is 34.8 Å². The van der Waals surface area contributed by atoms with Crippen LogP contribution in [0.5, 0.6) is 0 Å². The fraction of sp³-hybridized carbons (Fsp3) is 0.692. The van der Waals surface area contributed by atoms with E-state index in [1.54, 1.807) is 0 Å². The Morgan fingerprint density at radius 2 is 2.29 bits per heavy atom. The van der Waals surface area contributed by atoms with E-state index in [-0.39, 0.29) is 6.04 Å². The number of nitrogens with zero attached hydrogens (tertiary/aromatic N) is 3. The molecular formula is C13H22N4. The normalized spacial score (nSPS) is 16.2. The van der Waals surface area contributed by atoms with Gasteiger partial charge in [-0.3, -0.25) is 5.32 Å². The molecule has 1 aromatic heterocycles. The van der Waals surface area contributed by atoms with Crippen LogP contribution in [0, 0.1) is 11.3 Å². The van der Waals surface area contributed by atoms with Gasteiger partial charge in [-0.2, -0.15) is 5.26 Å². The molecule has 0 spiro atoms. The topological polar surface area (TPSA) is 53.6 Å². The molecule has 2 atom stereocenters. The molecule has 0 radical (unpaired) electrons. The lowest BCUT2D eigenvalue weighted by atomic mass is 9.95. The van der Waals surface area contributed by atoms with Crippen LogP contribution in [0.25, 0.3) is 0 Å². The van der Waals surface area contributed by atoms with E-state index in [0.29, 0.717) is 0 Å². The molecule has 94 valence electrons. The van der Waals surface area contributed by atoms with Crippen LogP contribution in [-0.2, 0) is 6.42 Å². The van der Waals surface area contributed by atoms with Crippen LogP contribution in [0.2, 0.25) is 0 Å². The molecule has 2 unspecified atom stereocenters. The Hall–Kier alpha value is -1.34. The zero-order chi connectivity index (χ0) is 12.9. The van der Waals surface area contributed by atoms with Crippen LogP contribution in [0.4, 0.5) is 0 Å². The van der Waals surface area contributed by atoms with Gasteiger partial charge in [0.15, 0.2) is 0 Å². The number of hydrogen-bond acceptors (Lipinski definition) is 3. The molecule has 4 heteroatoms. The summed E-state index contributed by atoms with van der Waals surface area (Å²) < 4.78 is 2.16. The van der Waals surface area contributed by atoms with Crippen LogP contribution < -0.4 is 5.32 Å². The Bertz CT molecular complexity index is 390. The van der Waals surface area contributed by atoms with Crippen molar-refractivity contribution < 1.29 is 0 Å². The number of rotatable bonds is 6. The third kappa shape index (κ3) is 3.31. The lowest BCUT2D eigenvalue weighted by molar-refractivity contribution is 0.349. The summed E-state index contributed by atoms with van der Waals surface area (Å²) in [7, 11) is 0. The summed E-state index contributed by atoms with van der Waals surface area (Å²) in [5, 5.41) is 12.5. The third-order valence-electron chi connectivity index (χ3n) is 3.06. The average Bonchev–Trinajstić information content (AvgIpc) is 2.77. The van der Waals surface area contributed by atoms with Crippen molar-refractivity contribution >= 4 is 0 Å². The second-order valence-corrected chi connectivity index (χ2v) is 4.63. The molecule has 0 aliphatic heterocycles. The molecule has 0 aromatic carbocycles. The molecule has 4 nitrogen and oxygen atoms in total. The molecular weight excluding hydrogens is 212 g/mol. The largest absolute Gasteiger partial charge is 0.332 e. The van der Waals surface area contributed by atoms with Gasteiger partial charge in [0, 0.05) is 24.9 Å². The Morgan fingerprint density at radius 3 is 2.82 bits per heavy atom. The van der Waals surface area contributed by atoms with Crippen molar-refractivity contribution in [2.45, 2.75) is 52.1 Å². The highest BCUT2D eigenvalue weighted by molar-refractivity contribution is 5.06. The molecule has 17 heavy (non-hydrogen) atoms. The molecule has 0 amide bonds. The summed E-state index contributed by atoms with van der Waals surface area (Å²) in [5.74, 6) is 1.08. The zero-order valence-corrected chi connectivity index (χ0v) is 11.2. The first kappa shape index (κ1) is 13.7. The predicted molar refractivity (Wildman–Crippen MR) is 68.6 cm³/mol. The van der Waals surface area contributed by atoms with Crippen LogP contribution in [-0.4, -0.2) is 21.6 Å². The molecule has 1 heterocycles. The van der Waals surface area contributed by atoms with Crippen molar-refractivity contribution in [2.24, 2.45) is 0 Å². The third-order valence-corrected chi connectivity index (χ3v) is 3.06. The first-order chi connectivity index (χ1) is 8.06. The highest BCUT2D eigenvalue weighted by Crippen LogP contribution is 2.21. The molecule has 0 bridgehead atoms. The molecule has 1 rings (SSSR count). The first-order valence-electron chi connectivity index (χ1n) is 6.24. The van der Waals surface area contributed by atoms with Gasteiger partial charge < -0.3 is 4.57 Å². The van der Waals surface area contributed by atoms with Gasteiger partial charge in [0.05, 0.1) is 6.07 Å². The van der Waals surface area contributed by atoms with Crippen LogP contribution in [0.15, 0.2) is 12.4 Å². The maximum atomic E-state index is 9.25. The molecule has 0 fully saturated rings. The minimum atomic E-state index is -0.469. The summed E-state index contributed by atoms with van der Waals surface area (Å²) in [4.78, 5) is 4.32. The quantitative estimate of drug-likeness (QED) is 0.821. The molecule has 0 aliphatic rings. The molecule has 1 N–H and O–H groups in total. The number of nitriles is 1. The molecule has 0 saturated heterocycles. The monoisotopic (exact) mass is 234 g/mol. The van der Waals surface area contributed by atoms with Crippen molar-refractivity contribution in [3.63, 3.8) is 0 Å².